The maximum Gasteiger partial charge on any atom is 0.142 e. The van der Waals surface area contributed by atoms with Crippen molar-refractivity contribution in [1.82, 2.24) is 9.55 Å². The van der Waals surface area contributed by atoms with Crippen molar-refractivity contribution >= 4 is 27.0 Å². The van der Waals surface area contributed by atoms with Crippen LogP contribution >= 0.6 is 15.9 Å². The van der Waals surface area contributed by atoms with Crippen molar-refractivity contribution in [2.24, 2.45) is 7.05 Å². The second-order valence-electron chi connectivity index (χ2n) is 4.26. The van der Waals surface area contributed by atoms with Gasteiger partial charge in [-0.15, -0.1) is 0 Å². The first-order valence-electron chi connectivity index (χ1n) is 5.83. The SMILES string of the molecule is Cn1c(-c2ccccc2Br)nc2c(C#N)cccc21. The molecule has 0 N–H and O–H groups in total. The highest BCUT2D eigenvalue weighted by molar-refractivity contribution is 9.10. The van der Waals surface area contributed by atoms with Crippen LogP contribution in [0.3, 0.4) is 0 Å². The highest BCUT2D eigenvalue weighted by Crippen LogP contribution is 2.30. The highest BCUT2D eigenvalue weighted by Gasteiger charge is 2.14. The molecule has 3 nitrogen and oxygen atoms in total. The first-order valence-corrected chi connectivity index (χ1v) is 6.62. The Kier molecular flexibility index (Phi) is 2.84. The van der Waals surface area contributed by atoms with Gasteiger partial charge in [-0.05, 0) is 18.2 Å². The standard InChI is InChI=1S/C15H10BrN3/c1-19-13-8-4-5-10(9-17)14(13)18-15(19)11-6-2-3-7-12(11)16/h2-8H,1H3. The second kappa shape index (κ2) is 4.52. The number of halogens is 1. The zero-order valence-corrected chi connectivity index (χ0v) is 11.8. The molecule has 0 fully saturated rings. The van der Waals surface area contributed by atoms with Gasteiger partial charge in [0.05, 0.1) is 11.1 Å². The summed E-state index contributed by atoms with van der Waals surface area (Å²) in [5.41, 5.74) is 3.33. The van der Waals surface area contributed by atoms with E-state index in [1.807, 2.05) is 48.0 Å². The fourth-order valence-corrected chi connectivity index (χ4v) is 2.65. The van der Waals surface area contributed by atoms with Gasteiger partial charge in [0.2, 0.25) is 0 Å². The van der Waals surface area contributed by atoms with Crippen LogP contribution in [-0.2, 0) is 7.05 Å². The summed E-state index contributed by atoms with van der Waals surface area (Å²) in [6.45, 7) is 0. The molecule has 3 rings (SSSR count). The molecule has 19 heavy (non-hydrogen) atoms. The average molecular weight is 312 g/mol. The largest absolute Gasteiger partial charge is 0.327 e. The smallest absolute Gasteiger partial charge is 0.142 e. The van der Waals surface area contributed by atoms with E-state index >= 15 is 0 Å². The number of benzene rings is 2. The molecule has 1 heterocycles. The molecule has 92 valence electrons. The Labute approximate surface area is 119 Å². The predicted molar refractivity (Wildman–Crippen MR) is 78.6 cm³/mol. The lowest BCUT2D eigenvalue weighted by Crippen LogP contribution is -1.92. The maximum absolute atomic E-state index is 9.15. The van der Waals surface area contributed by atoms with Gasteiger partial charge in [-0.3, -0.25) is 0 Å². The van der Waals surface area contributed by atoms with Gasteiger partial charge in [-0.1, -0.05) is 40.2 Å². The van der Waals surface area contributed by atoms with Crippen molar-refractivity contribution in [2.45, 2.75) is 0 Å². The Hall–Kier alpha value is -2.12. The van der Waals surface area contributed by atoms with Gasteiger partial charge in [0, 0.05) is 17.1 Å². The molecule has 0 saturated carbocycles. The van der Waals surface area contributed by atoms with Crippen LogP contribution in [-0.4, -0.2) is 9.55 Å². The molecule has 3 aromatic rings. The van der Waals surface area contributed by atoms with Crippen molar-refractivity contribution in [3.8, 4) is 17.5 Å². The number of rotatable bonds is 1. The Balaban J connectivity index is 2.36. The fraction of sp³-hybridized carbons (Fsp3) is 0.0667. The van der Waals surface area contributed by atoms with E-state index in [1.54, 1.807) is 6.07 Å². The molecule has 0 aliphatic heterocycles. The molecular formula is C15H10BrN3. The van der Waals surface area contributed by atoms with E-state index in [9.17, 15) is 0 Å². The number of aromatic nitrogens is 2. The van der Waals surface area contributed by atoms with Crippen molar-refractivity contribution < 1.29 is 0 Å². The number of imidazole rings is 1. The number of fused-ring (bicyclic) bond motifs is 1. The third-order valence-corrected chi connectivity index (χ3v) is 3.84. The van der Waals surface area contributed by atoms with E-state index in [1.165, 1.54) is 0 Å². The van der Waals surface area contributed by atoms with E-state index in [-0.39, 0.29) is 0 Å². The molecule has 0 amide bonds. The second-order valence-corrected chi connectivity index (χ2v) is 5.11. The summed E-state index contributed by atoms with van der Waals surface area (Å²) in [6, 6.07) is 15.8. The molecule has 0 spiro atoms. The van der Waals surface area contributed by atoms with Gasteiger partial charge in [0.25, 0.3) is 0 Å². The molecular weight excluding hydrogens is 302 g/mol. The normalized spacial score (nSPS) is 10.6. The highest BCUT2D eigenvalue weighted by atomic mass is 79.9. The number of nitrogens with zero attached hydrogens (tertiary/aromatic N) is 3. The monoisotopic (exact) mass is 311 g/mol. The van der Waals surface area contributed by atoms with Crippen LogP contribution < -0.4 is 0 Å². The molecule has 0 radical (unpaired) electrons. The lowest BCUT2D eigenvalue weighted by molar-refractivity contribution is 0.958. The van der Waals surface area contributed by atoms with E-state index < -0.39 is 0 Å². The Morgan fingerprint density at radius 2 is 1.95 bits per heavy atom. The number of hydrogen-bond donors (Lipinski definition) is 0. The van der Waals surface area contributed by atoms with Crippen LogP contribution in [0, 0.1) is 11.3 Å². The lowest BCUT2D eigenvalue weighted by atomic mass is 10.2. The van der Waals surface area contributed by atoms with Gasteiger partial charge in [-0.2, -0.15) is 5.26 Å². The summed E-state index contributed by atoms with van der Waals surface area (Å²) in [6.07, 6.45) is 0. The first-order chi connectivity index (χ1) is 9.22. The van der Waals surface area contributed by atoms with Crippen LogP contribution in [0.15, 0.2) is 46.9 Å². The van der Waals surface area contributed by atoms with Gasteiger partial charge >= 0.3 is 0 Å². The summed E-state index contributed by atoms with van der Waals surface area (Å²) >= 11 is 3.54. The fourth-order valence-electron chi connectivity index (χ4n) is 2.19. The van der Waals surface area contributed by atoms with Crippen molar-refractivity contribution in [2.75, 3.05) is 0 Å². The Morgan fingerprint density at radius 1 is 1.16 bits per heavy atom. The molecule has 0 aliphatic carbocycles. The molecule has 2 aromatic carbocycles. The molecule has 1 aromatic heterocycles. The molecule has 0 bridgehead atoms. The molecule has 0 unspecified atom stereocenters. The molecule has 0 saturated heterocycles. The summed E-state index contributed by atoms with van der Waals surface area (Å²) in [5.74, 6) is 0.852. The maximum atomic E-state index is 9.15. The van der Waals surface area contributed by atoms with Gasteiger partial charge in [0.1, 0.15) is 17.4 Å². The van der Waals surface area contributed by atoms with E-state index in [4.69, 9.17) is 5.26 Å². The van der Waals surface area contributed by atoms with E-state index in [0.717, 1.165) is 26.9 Å². The number of aryl methyl sites for hydroxylation is 1. The van der Waals surface area contributed by atoms with Crippen molar-refractivity contribution in [1.29, 1.82) is 5.26 Å². The van der Waals surface area contributed by atoms with Crippen LogP contribution in [0.2, 0.25) is 0 Å². The minimum absolute atomic E-state index is 0.603. The Morgan fingerprint density at radius 3 is 2.68 bits per heavy atom. The third kappa shape index (κ3) is 1.83. The van der Waals surface area contributed by atoms with Crippen LogP contribution in [0.4, 0.5) is 0 Å². The Bertz CT molecular complexity index is 812. The van der Waals surface area contributed by atoms with E-state index in [0.29, 0.717) is 5.56 Å². The number of hydrogen-bond acceptors (Lipinski definition) is 2. The van der Waals surface area contributed by atoms with E-state index in [2.05, 4.69) is 27.0 Å². The van der Waals surface area contributed by atoms with Crippen molar-refractivity contribution in [3.63, 3.8) is 0 Å². The summed E-state index contributed by atoms with van der Waals surface area (Å²) in [5, 5.41) is 9.15. The molecule has 4 heteroatoms. The van der Waals surface area contributed by atoms with Gasteiger partial charge < -0.3 is 4.57 Å². The topological polar surface area (TPSA) is 41.6 Å². The third-order valence-electron chi connectivity index (χ3n) is 3.15. The summed E-state index contributed by atoms with van der Waals surface area (Å²) in [7, 11) is 1.96. The van der Waals surface area contributed by atoms with Crippen molar-refractivity contribution in [3.05, 3.63) is 52.5 Å². The number of nitriles is 1. The number of para-hydroxylation sites is 1. The summed E-state index contributed by atoms with van der Waals surface area (Å²) in [4.78, 5) is 4.62. The zero-order chi connectivity index (χ0) is 13.4. The summed E-state index contributed by atoms with van der Waals surface area (Å²) < 4.78 is 3.00. The van der Waals surface area contributed by atoms with Crippen LogP contribution in [0.1, 0.15) is 5.56 Å². The van der Waals surface area contributed by atoms with Crippen LogP contribution in [0.5, 0.6) is 0 Å². The van der Waals surface area contributed by atoms with Crippen LogP contribution in [0.25, 0.3) is 22.4 Å². The average Bonchev–Trinajstić information content (AvgIpc) is 2.77. The zero-order valence-electron chi connectivity index (χ0n) is 10.3. The minimum Gasteiger partial charge on any atom is -0.327 e. The quantitative estimate of drug-likeness (QED) is 0.684. The molecule has 0 atom stereocenters. The van der Waals surface area contributed by atoms with Gasteiger partial charge in [0.15, 0.2) is 0 Å². The van der Waals surface area contributed by atoms with Gasteiger partial charge in [-0.25, -0.2) is 4.98 Å². The predicted octanol–water partition coefficient (Wildman–Crippen LogP) is 3.87. The first kappa shape index (κ1) is 11.9. The minimum atomic E-state index is 0.603. The lowest BCUT2D eigenvalue weighted by Gasteiger charge is -2.04. The molecule has 0 aliphatic rings.